The Labute approximate surface area is 757 Å². The molecule has 21 rings (SSSR count). The maximum absolute atomic E-state index is 8.34. The van der Waals surface area contributed by atoms with Crippen molar-refractivity contribution in [2.24, 2.45) is 17.3 Å². The second-order valence-corrected chi connectivity index (χ2v) is 35.4. The van der Waals surface area contributed by atoms with Gasteiger partial charge in [-0.1, -0.05) is 273 Å². The van der Waals surface area contributed by atoms with Gasteiger partial charge >= 0.3 is 0 Å². The average Bonchev–Trinajstić information content (AvgIpc) is 1.58. The van der Waals surface area contributed by atoms with E-state index in [-0.39, 0.29) is 62.8 Å². The Morgan fingerprint density at radius 1 is 0.298 bits per heavy atom. The predicted octanol–water partition coefficient (Wildman–Crippen LogP) is 30.2. The van der Waals surface area contributed by atoms with Crippen molar-refractivity contribution < 1.29 is 5.48 Å². The van der Waals surface area contributed by atoms with Crippen LogP contribution in [0.5, 0.6) is 0 Å². The van der Waals surface area contributed by atoms with Crippen molar-refractivity contribution >= 4 is 34.1 Å². The van der Waals surface area contributed by atoms with Crippen LogP contribution >= 0.6 is 0 Å². The third-order valence-electron chi connectivity index (χ3n) is 26.9. The highest BCUT2D eigenvalue weighted by Gasteiger charge is 2.47. The number of allylic oxidation sites excluding steroid dienone is 12. The van der Waals surface area contributed by atoms with E-state index in [1.54, 1.807) is 0 Å². The van der Waals surface area contributed by atoms with Gasteiger partial charge in [0, 0.05) is 188 Å². The maximum Gasteiger partial charge on any atom is 0.136 e. The molecule has 0 saturated heterocycles. The van der Waals surface area contributed by atoms with Crippen LogP contribution in [-0.4, -0.2) is 60.7 Å². The number of fused-ring (bicyclic) bond motifs is 6. The van der Waals surface area contributed by atoms with Gasteiger partial charge in [-0.15, -0.1) is 0 Å². The summed E-state index contributed by atoms with van der Waals surface area (Å²) in [6, 6.07) is 62.0. The van der Waals surface area contributed by atoms with Crippen LogP contribution in [0.1, 0.15) is 261 Å². The molecule has 14 aliphatic rings. The zero-order chi connectivity index (χ0) is 85.6. The van der Waals surface area contributed by atoms with Crippen molar-refractivity contribution in [2.75, 3.05) is 36.0 Å². The highest BCUT2D eigenvalue weighted by atomic mass is 15.5. The molecule has 660 valence electrons. The van der Waals surface area contributed by atoms with Gasteiger partial charge in [-0.3, -0.25) is 0 Å². The molecule has 0 bridgehead atoms. The molecule has 0 N–H and O–H groups in total. The fourth-order valence-electron chi connectivity index (χ4n) is 20.9. The van der Waals surface area contributed by atoms with Crippen molar-refractivity contribution in [2.45, 2.75) is 282 Å². The van der Waals surface area contributed by atoms with Gasteiger partial charge in [0.25, 0.3) is 0 Å². The largest absolute Gasteiger partial charge is 0.331 e. The molecule has 12 heterocycles. The smallest absolute Gasteiger partial charge is 0.136 e. The molecule has 7 aromatic rings. The van der Waals surface area contributed by atoms with Crippen LogP contribution in [0.25, 0.3) is 0 Å². The molecule has 2 aliphatic carbocycles. The second kappa shape index (κ2) is 40.8. The van der Waals surface area contributed by atoms with Crippen LogP contribution in [0.15, 0.2) is 318 Å². The number of benzene rings is 7. The van der Waals surface area contributed by atoms with Crippen molar-refractivity contribution in [3.05, 3.63) is 357 Å². The van der Waals surface area contributed by atoms with E-state index in [9.17, 15) is 0 Å². The Bertz CT molecular complexity index is 5310. The Morgan fingerprint density at radius 2 is 0.605 bits per heavy atom. The van der Waals surface area contributed by atoms with Crippen LogP contribution in [0.3, 0.4) is 0 Å². The number of nitrogens with zero attached hydrogens (tertiary/aromatic N) is 12. The molecule has 0 amide bonds. The Morgan fingerprint density at radius 3 is 1.02 bits per heavy atom. The number of anilines is 6. The summed E-state index contributed by atoms with van der Waals surface area (Å²) in [5, 5.41) is 0. The van der Waals surface area contributed by atoms with E-state index in [0.29, 0.717) is 18.5 Å². The van der Waals surface area contributed by atoms with Crippen molar-refractivity contribution in [1.29, 1.82) is 0 Å². The lowest BCUT2D eigenvalue weighted by molar-refractivity contribution is 0.201. The summed E-state index contributed by atoms with van der Waals surface area (Å²) in [6.45, 7) is 30.8. The maximum atomic E-state index is 8.34. The SMILES string of the molecule is C.C.C.C.C.C.CC1=C2CC=CN2C(C(C)(C)C)N1c1ccccc1C.CC1=C2CC=CN2C(C2CCCC2)N1c1ccccc1C.CC1=C2CC=CN2C(C2CCCCC2)N1c1ccccc1C.CC1=C2CC=CN2C(c2ccccc2)N1c1ccccc1C.[2H]C([2H])([2H])C1N2C=CCC2=C(C)N1c1ccccc1C.[2H]C1N2C=CCC2=C(C)N1c1ccccc1C. The molecule has 2 fully saturated rings. The molecule has 6 atom stereocenters. The number of hydrogen-bond acceptors (Lipinski definition) is 12. The molecule has 0 radical (unpaired) electrons. The predicted molar refractivity (Wildman–Crippen MR) is 535 cm³/mol. The summed E-state index contributed by atoms with van der Waals surface area (Å²) in [5.41, 5.74) is 32.9. The highest BCUT2D eigenvalue weighted by molar-refractivity contribution is 5.68. The van der Waals surface area contributed by atoms with Gasteiger partial charge in [0.05, 0.1) is 8.02 Å². The molecule has 0 aromatic heterocycles. The van der Waals surface area contributed by atoms with Gasteiger partial charge in [-0.25, -0.2) is 0 Å². The molecule has 2 saturated carbocycles. The Balaban J connectivity index is 0.000000159. The highest BCUT2D eigenvalue weighted by Crippen LogP contribution is 2.52. The monoisotopic (exact) mass is 1670 g/mol. The first-order valence-corrected chi connectivity index (χ1v) is 43.8. The fraction of sp³-hybridized carbons (Fsp3) is 0.411. The van der Waals surface area contributed by atoms with E-state index in [4.69, 9.17) is 5.48 Å². The minimum Gasteiger partial charge on any atom is -0.331 e. The van der Waals surface area contributed by atoms with Gasteiger partial charge in [0.15, 0.2) is 0 Å². The standard InChI is InChI=1S/C20H26N2.C20H20N2.C19H24N2.C18H24N2.C15H18N2.C14H16N2.6CH4/c2*1-15-9-6-7-12-18(15)22-16(2)19-13-8-14-21(19)20(22)17-10-4-3-5-11-17;1-14-8-3-6-11-17(14)21-15(2)18-12-7-13-20(18)19(21)16-9-4-5-10-16;1-13-9-6-7-10-15(13)20-14(2)16-11-8-12-19(16)17(20)18(3,4)5;1-11-7-4-5-8-14(11)17-12(2)15-9-6-10-16(15)13(17)3;1-11-6-3-4-7-13(11)16-10-15-9-5-8-14(15)12(16)2;;;;;;/h6-9,12,14,17,20H,3-5,10-11,13H2,1-2H3;3-12,14,20H,13H2,1-2H3;3,6-8,11,13,16,19H,4-5,9-10,12H2,1-2H3;6-10,12,17H,11H2,1-5H3;4-8,10,13H,9H2,1-3H3;3-7,9H,8,10H2,1-2H3;6*1H4/i;;;;3D3;10D;;;;;;. The van der Waals surface area contributed by atoms with E-state index >= 15 is 0 Å². The summed E-state index contributed by atoms with van der Waals surface area (Å²) in [7, 11) is 0. The summed E-state index contributed by atoms with van der Waals surface area (Å²) in [4.78, 5) is 28.2. The van der Waals surface area contributed by atoms with Crippen LogP contribution < -0.4 is 29.4 Å². The van der Waals surface area contributed by atoms with Gasteiger partial charge in [-0.05, 0) is 203 Å². The quantitative estimate of drug-likeness (QED) is 0.138. The van der Waals surface area contributed by atoms with E-state index in [1.165, 1.54) is 171 Å². The minimum absolute atomic E-state index is 0. The van der Waals surface area contributed by atoms with Crippen LogP contribution in [0.2, 0.25) is 0 Å². The van der Waals surface area contributed by atoms with Gasteiger partial charge in [-0.2, -0.15) is 0 Å². The van der Waals surface area contributed by atoms with Gasteiger partial charge < -0.3 is 58.8 Å². The van der Waals surface area contributed by atoms with E-state index in [0.717, 1.165) is 78.7 Å². The molecule has 0 spiro atoms. The van der Waals surface area contributed by atoms with E-state index in [2.05, 4.69) is 329 Å². The summed E-state index contributed by atoms with van der Waals surface area (Å²) < 4.78 is 32.1. The summed E-state index contributed by atoms with van der Waals surface area (Å²) in [5.74, 6) is 1.57. The summed E-state index contributed by atoms with van der Waals surface area (Å²) >= 11 is 0. The molecule has 12 aliphatic heterocycles. The van der Waals surface area contributed by atoms with Gasteiger partial charge in [0.2, 0.25) is 0 Å². The normalized spacial score (nSPS) is 22.5. The molecule has 12 nitrogen and oxygen atoms in total. The third kappa shape index (κ3) is 18.2. The van der Waals surface area contributed by atoms with Crippen LogP contribution in [0, 0.1) is 58.8 Å². The van der Waals surface area contributed by atoms with Crippen molar-refractivity contribution in [3.63, 3.8) is 0 Å². The molecular formula is C112H152N12. The molecule has 6 unspecified atom stereocenters. The number of aryl methyl sites for hydroxylation is 6. The Kier molecular flexibility index (Phi) is 29.4. The van der Waals surface area contributed by atoms with Gasteiger partial charge in [0.1, 0.15) is 30.8 Å². The number of rotatable bonds is 9. The minimum atomic E-state index is -2.07. The van der Waals surface area contributed by atoms with Crippen molar-refractivity contribution in [3.8, 4) is 0 Å². The first kappa shape index (κ1) is 89.3. The molecule has 124 heavy (non-hydrogen) atoms. The lowest BCUT2D eigenvalue weighted by Crippen LogP contribution is -2.47. The van der Waals surface area contributed by atoms with E-state index < -0.39 is 13.0 Å². The average molecular weight is 1670 g/mol. The number of para-hydroxylation sites is 6. The first-order chi connectivity index (χ1) is 58.8. The zero-order valence-corrected chi connectivity index (χ0v) is 72.8. The first-order valence-electron chi connectivity index (χ1n) is 45.9. The van der Waals surface area contributed by atoms with E-state index in [1.807, 2.05) is 83.4 Å². The topological polar surface area (TPSA) is 38.9 Å². The zero-order valence-electron chi connectivity index (χ0n) is 76.8. The fourth-order valence-corrected chi connectivity index (χ4v) is 20.9. The molecule has 12 heteroatoms. The van der Waals surface area contributed by atoms with Crippen molar-refractivity contribution in [1.82, 2.24) is 29.4 Å². The summed E-state index contributed by atoms with van der Waals surface area (Å²) in [6.07, 6.45) is 45.8. The lowest BCUT2D eigenvalue weighted by Gasteiger charge is -2.41. The molecule has 7 aromatic carbocycles. The second-order valence-electron chi connectivity index (χ2n) is 35.4. The lowest BCUT2D eigenvalue weighted by atomic mass is 9.86. The number of hydrogen-bond donors (Lipinski definition) is 0. The van der Waals surface area contributed by atoms with Crippen LogP contribution in [-0.2, 0) is 0 Å². The van der Waals surface area contributed by atoms with Crippen LogP contribution in [0.4, 0.5) is 34.1 Å². The third-order valence-corrected chi connectivity index (χ3v) is 26.9. The molecular weight excluding hydrogens is 1510 g/mol. The Hall–Kier alpha value is -11.0.